The normalized spacial score (nSPS) is 11.1. The highest BCUT2D eigenvalue weighted by Gasteiger charge is 2.21. The molecule has 0 spiro atoms. The molecule has 0 saturated carbocycles. The van der Waals surface area contributed by atoms with Gasteiger partial charge in [-0.1, -0.05) is 72.3 Å². The molecule has 170 valence electrons. The lowest BCUT2D eigenvalue weighted by Crippen LogP contribution is -2.18. The number of carbonyl (C=O) groups is 1. The molecule has 4 rings (SSSR count). The third-order valence-electron chi connectivity index (χ3n) is 5.15. The zero-order valence-electron chi connectivity index (χ0n) is 17.4. The summed E-state index contributed by atoms with van der Waals surface area (Å²) in [4.78, 5) is 15.8. The van der Waals surface area contributed by atoms with E-state index in [1.165, 1.54) is 41.1 Å². The number of rotatable bonds is 7. The second kappa shape index (κ2) is 9.47. The zero-order chi connectivity index (χ0) is 24.3. The van der Waals surface area contributed by atoms with E-state index in [1.807, 2.05) is 18.2 Å². The first kappa shape index (κ1) is 23.2. The van der Waals surface area contributed by atoms with Crippen molar-refractivity contribution in [3.63, 3.8) is 0 Å². The third kappa shape index (κ3) is 4.41. The maximum atomic E-state index is 15.2. The van der Waals surface area contributed by atoms with Crippen LogP contribution in [0.5, 0.6) is 0 Å². The second-order valence-corrected chi connectivity index (χ2v) is 9.21. The number of nitrogens with zero attached hydrogens (tertiary/aromatic N) is 3. The number of carbonyl (C=O) groups excluding carboxylic acids is 1. The molecule has 1 heterocycles. The minimum atomic E-state index is -4.10. The van der Waals surface area contributed by atoms with Crippen LogP contribution >= 0.6 is 11.6 Å². The van der Waals surface area contributed by atoms with E-state index in [-0.39, 0.29) is 33.4 Å². The summed E-state index contributed by atoms with van der Waals surface area (Å²) >= 11 is 6.15. The fourth-order valence-electron chi connectivity index (χ4n) is 3.58. The molecule has 0 fully saturated rings. The van der Waals surface area contributed by atoms with Crippen molar-refractivity contribution in [1.82, 2.24) is 14.3 Å². The fraction of sp³-hybridized carbons (Fsp3) is 0.0417. The van der Waals surface area contributed by atoms with Gasteiger partial charge in [0.15, 0.2) is 17.6 Å². The molecular formula is C24H16ClFN4O3S. The number of aldehydes is 1. The van der Waals surface area contributed by atoms with Crippen LogP contribution in [0.2, 0.25) is 5.15 Å². The quantitative estimate of drug-likeness (QED) is 0.229. The van der Waals surface area contributed by atoms with Gasteiger partial charge < -0.3 is 4.57 Å². The van der Waals surface area contributed by atoms with Crippen molar-refractivity contribution in [2.75, 3.05) is 0 Å². The van der Waals surface area contributed by atoms with Crippen LogP contribution in [0.15, 0.2) is 77.7 Å². The van der Waals surface area contributed by atoms with E-state index in [1.54, 1.807) is 29.0 Å². The summed E-state index contributed by atoms with van der Waals surface area (Å²) in [6, 6.07) is 19.3. The molecule has 0 unspecified atom stereocenters. The molecule has 0 radical (unpaired) electrons. The van der Waals surface area contributed by atoms with Gasteiger partial charge in [0.05, 0.1) is 11.4 Å². The molecule has 3 aromatic carbocycles. The smallest absolute Gasteiger partial charge is 0.270 e. The van der Waals surface area contributed by atoms with Crippen molar-refractivity contribution in [2.45, 2.75) is 11.4 Å². The zero-order valence-corrected chi connectivity index (χ0v) is 19.0. The van der Waals surface area contributed by atoms with E-state index >= 15 is 4.39 Å². The number of nitrogens with one attached hydrogen (secondary N) is 1. The molecule has 0 aliphatic rings. The van der Waals surface area contributed by atoms with Crippen LogP contribution < -0.4 is 4.72 Å². The van der Waals surface area contributed by atoms with Gasteiger partial charge >= 0.3 is 0 Å². The lowest BCUT2D eigenvalue weighted by molar-refractivity contribution is 0.111. The highest BCUT2D eigenvalue weighted by molar-refractivity contribution is 7.89. The summed E-state index contributed by atoms with van der Waals surface area (Å²) in [5.41, 5.74) is 1.61. The van der Waals surface area contributed by atoms with Crippen LogP contribution in [0.4, 0.5) is 4.39 Å². The molecule has 4 aromatic rings. The second-order valence-electron chi connectivity index (χ2n) is 7.20. The first-order valence-electron chi connectivity index (χ1n) is 9.91. The third-order valence-corrected chi connectivity index (χ3v) is 6.73. The molecule has 0 bridgehead atoms. The molecule has 0 saturated heterocycles. The number of halogens is 2. The Hall–Kier alpha value is -4.00. The van der Waals surface area contributed by atoms with Gasteiger partial charge in [0, 0.05) is 16.7 Å². The Bertz CT molecular complexity index is 1530. The van der Waals surface area contributed by atoms with Crippen LogP contribution in [-0.4, -0.2) is 24.3 Å². The summed E-state index contributed by atoms with van der Waals surface area (Å²) < 4.78 is 43.3. The first-order valence-corrected chi connectivity index (χ1v) is 11.8. The Morgan fingerprint density at radius 1 is 1.06 bits per heavy atom. The number of sulfonamides is 1. The molecule has 1 aromatic heterocycles. The highest BCUT2D eigenvalue weighted by Crippen LogP contribution is 2.30. The van der Waals surface area contributed by atoms with Crippen molar-refractivity contribution < 1.29 is 17.6 Å². The molecule has 0 amide bonds. The molecule has 10 heteroatoms. The molecule has 7 nitrogen and oxygen atoms in total. The molecule has 34 heavy (non-hydrogen) atoms. The molecule has 0 aliphatic heterocycles. The van der Waals surface area contributed by atoms with Crippen LogP contribution in [0.25, 0.3) is 22.5 Å². The summed E-state index contributed by atoms with van der Waals surface area (Å²) in [6.07, 6.45) is 1.97. The minimum Gasteiger partial charge on any atom is -0.316 e. The number of imidazole rings is 1. The Morgan fingerprint density at radius 3 is 2.44 bits per heavy atom. The molecular weight excluding hydrogens is 479 g/mol. The Kier molecular flexibility index (Phi) is 6.45. The standard InChI is InChI=1S/C24H16ClFN4O3S/c25-23-21(14-31)30(24(29-23)16-6-2-1-3-7-16)13-18-11-10-17(12-20(18)26)19-8-4-5-9-22(19)34(32,33)28-15-27/h1-12,14,28H,13H2. The lowest BCUT2D eigenvalue weighted by atomic mass is 10.0. The van der Waals surface area contributed by atoms with E-state index in [0.29, 0.717) is 23.2 Å². The van der Waals surface area contributed by atoms with Crippen molar-refractivity contribution in [1.29, 1.82) is 5.26 Å². The van der Waals surface area contributed by atoms with Crippen LogP contribution in [0.1, 0.15) is 16.1 Å². The number of benzene rings is 3. The number of nitriles is 1. The summed E-state index contributed by atoms with van der Waals surface area (Å²) in [6.45, 7) is -0.0277. The minimum absolute atomic E-state index is 0.00927. The van der Waals surface area contributed by atoms with Gasteiger partial charge in [-0.2, -0.15) is 5.26 Å². The Labute approximate surface area is 200 Å². The highest BCUT2D eigenvalue weighted by atomic mass is 35.5. The van der Waals surface area contributed by atoms with Crippen LogP contribution in [-0.2, 0) is 16.6 Å². The Morgan fingerprint density at radius 2 is 1.76 bits per heavy atom. The van der Waals surface area contributed by atoms with Gasteiger partial charge in [-0.15, -0.1) is 0 Å². The average molecular weight is 495 g/mol. The van der Waals surface area contributed by atoms with Gasteiger partial charge in [0.2, 0.25) is 0 Å². The monoisotopic (exact) mass is 494 g/mol. The van der Waals surface area contributed by atoms with Gasteiger partial charge in [0.25, 0.3) is 10.0 Å². The largest absolute Gasteiger partial charge is 0.316 e. The van der Waals surface area contributed by atoms with Crippen LogP contribution in [0.3, 0.4) is 0 Å². The first-order chi connectivity index (χ1) is 16.4. The van der Waals surface area contributed by atoms with E-state index in [2.05, 4.69) is 4.98 Å². The Balaban J connectivity index is 1.76. The summed E-state index contributed by atoms with van der Waals surface area (Å²) in [5, 5.41) is 8.76. The van der Waals surface area contributed by atoms with Crippen molar-refractivity contribution in [3.05, 3.63) is 95.0 Å². The van der Waals surface area contributed by atoms with E-state index < -0.39 is 15.8 Å². The number of hydrogen-bond acceptors (Lipinski definition) is 5. The van der Waals surface area contributed by atoms with E-state index in [9.17, 15) is 13.2 Å². The van der Waals surface area contributed by atoms with Gasteiger partial charge in [0.1, 0.15) is 17.3 Å². The number of hydrogen-bond donors (Lipinski definition) is 1. The fourth-order valence-corrected chi connectivity index (χ4v) is 4.77. The van der Waals surface area contributed by atoms with E-state index in [4.69, 9.17) is 16.9 Å². The summed E-state index contributed by atoms with van der Waals surface area (Å²) in [5.74, 6) is -0.200. The summed E-state index contributed by atoms with van der Waals surface area (Å²) in [7, 11) is -4.10. The van der Waals surface area contributed by atoms with Gasteiger partial charge in [-0.25, -0.2) is 22.5 Å². The molecule has 1 N–H and O–H groups in total. The maximum absolute atomic E-state index is 15.2. The predicted molar refractivity (Wildman–Crippen MR) is 125 cm³/mol. The maximum Gasteiger partial charge on any atom is 0.270 e. The van der Waals surface area contributed by atoms with Crippen molar-refractivity contribution in [3.8, 4) is 28.7 Å². The predicted octanol–water partition coefficient (Wildman–Crippen LogP) is 4.63. The van der Waals surface area contributed by atoms with Gasteiger partial charge in [-0.05, 0) is 17.7 Å². The topological polar surface area (TPSA) is 105 Å². The average Bonchev–Trinajstić information content (AvgIpc) is 3.15. The number of aromatic nitrogens is 2. The van der Waals surface area contributed by atoms with Crippen LogP contribution in [0, 0.1) is 17.3 Å². The van der Waals surface area contributed by atoms with Crippen molar-refractivity contribution in [2.24, 2.45) is 0 Å². The van der Waals surface area contributed by atoms with Gasteiger partial charge in [-0.3, -0.25) is 4.79 Å². The van der Waals surface area contributed by atoms with Crippen molar-refractivity contribution >= 4 is 27.9 Å². The molecule has 0 atom stereocenters. The SMILES string of the molecule is N#CNS(=O)(=O)c1ccccc1-c1ccc(Cn2c(-c3ccccc3)nc(Cl)c2C=O)c(F)c1. The lowest BCUT2D eigenvalue weighted by Gasteiger charge is -2.13. The van der Waals surface area contributed by atoms with E-state index in [0.717, 1.165) is 0 Å². The molecule has 0 aliphatic carbocycles.